The lowest BCUT2D eigenvalue weighted by Crippen LogP contribution is -2.44. The number of rotatable bonds is 1. The second-order valence-electron chi connectivity index (χ2n) is 4.94. The van der Waals surface area contributed by atoms with E-state index in [1.54, 1.807) is 13.8 Å². The molecule has 1 amide bonds. The Labute approximate surface area is 109 Å². The summed E-state index contributed by atoms with van der Waals surface area (Å²) in [5, 5.41) is 6.58. The predicted molar refractivity (Wildman–Crippen MR) is 62.7 cm³/mol. The minimum atomic E-state index is -4.24. The number of hydrogen-bond acceptors (Lipinski definition) is 2. The van der Waals surface area contributed by atoms with Gasteiger partial charge in [0, 0.05) is 18.8 Å². The van der Waals surface area contributed by atoms with Crippen molar-refractivity contribution in [3.8, 4) is 0 Å². The maximum Gasteiger partial charge on any atom is 0.393 e. The molecule has 0 radical (unpaired) electrons. The third-order valence-corrected chi connectivity index (χ3v) is 3.51. The summed E-state index contributed by atoms with van der Waals surface area (Å²) in [4.78, 5) is 13.6. The van der Waals surface area contributed by atoms with Gasteiger partial charge in [0.15, 0.2) is 0 Å². The van der Waals surface area contributed by atoms with Gasteiger partial charge in [0.2, 0.25) is 0 Å². The summed E-state index contributed by atoms with van der Waals surface area (Å²) in [7, 11) is 0. The van der Waals surface area contributed by atoms with Crippen LogP contribution in [0.2, 0.25) is 0 Å². The Morgan fingerprint density at radius 1 is 1.42 bits per heavy atom. The Balaban J connectivity index is 2.16. The Morgan fingerprint density at radius 3 is 2.63 bits per heavy atom. The van der Waals surface area contributed by atoms with Crippen LogP contribution >= 0.6 is 0 Å². The Kier molecular flexibility index (Phi) is 3.56. The molecule has 1 atom stereocenters. The van der Waals surface area contributed by atoms with E-state index in [1.165, 1.54) is 4.90 Å². The van der Waals surface area contributed by atoms with Gasteiger partial charge in [-0.3, -0.25) is 9.89 Å². The third-order valence-electron chi connectivity index (χ3n) is 3.51. The van der Waals surface area contributed by atoms with Crippen LogP contribution in [0.15, 0.2) is 0 Å². The summed E-state index contributed by atoms with van der Waals surface area (Å²) in [6.07, 6.45) is -3.76. The van der Waals surface area contributed by atoms with Gasteiger partial charge >= 0.3 is 6.18 Å². The average Bonchev–Trinajstić information content (AvgIpc) is 2.67. The summed E-state index contributed by atoms with van der Waals surface area (Å²) < 4.78 is 38.2. The fourth-order valence-corrected chi connectivity index (χ4v) is 2.45. The Morgan fingerprint density at radius 2 is 2.11 bits per heavy atom. The van der Waals surface area contributed by atoms with Crippen LogP contribution in [0, 0.1) is 19.8 Å². The van der Waals surface area contributed by atoms with Crippen molar-refractivity contribution in [2.45, 2.75) is 32.9 Å². The number of alkyl halides is 3. The number of aromatic amines is 1. The van der Waals surface area contributed by atoms with Crippen LogP contribution < -0.4 is 0 Å². The molecule has 2 heterocycles. The maximum atomic E-state index is 12.7. The molecular formula is C12H16F3N3O. The quantitative estimate of drug-likeness (QED) is 0.855. The van der Waals surface area contributed by atoms with Gasteiger partial charge in [0.05, 0.1) is 17.2 Å². The van der Waals surface area contributed by atoms with Gasteiger partial charge < -0.3 is 4.90 Å². The third kappa shape index (κ3) is 2.74. The molecule has 0 aromatic carbocycles. The number of nitrogens with one attached hydrogen (secondary N) is 1. The molecule has 106 valence electrons. The van der Waals surface area contributed by atoms with Gasteiger partial charge in [-0.15, -0.1) is 0 Å². The van der Waals surface area contributed by atoms with Crippen LogP contribution in [0.1, 0.15) is 34.6 Å². The smallest absolute Gasteiger partial charge is 0.338 e. The number of hydrogen-bond donors (Lipinski definition) is 1. The van der Waals surface area contributed by atoms with Crippen LogP contribution in [-0.4, -0.2) is 40.3 Å². The number of H-pyrrole nitrogens is 1. The zero-order chi connectivity index (χ0) is 14.2. The van der Waals surface area contributed by atoms with Crippen LogP contribution in [0.25, 0.3) is 0 Å². The van der Waals surface area contributed by atoms with Gasteiger partial charge in [-0.1, -0.05) is 0 Å². The molecule has 1 unspecified atom stereocenters. The highest BCUT2D eigenvalue weighted by molar-refractivity contribution is 5.96. The van der Waals surface area contributed by atoms with Crippen LogP contribution in [-0.2, 0) is 0 Å². The molecule has 2 rings (SSSR count). The van der Waals surface area contributed by atoms with Crippen LogP contribution in [0.3, 0.4) is 0 Å². The average molecular weight is 275 g/mol. The number of carbonyl (C=O) groups excluding carboxylic acids is 1. The molecule has 0 spiro atoms. The van der Waals surface area contributed by atoms with Crippen molar-refractivity contribution in [3.05, 3.63) is 17.0 Å². The minimum Gasteiger partial charge on any atom is -0.338 e. The summed E-state index contributed by atoms with van der Waals surface area (Å²) in [5.74, 6) is -1.78. The summed E-state index contributed by atoms with van der Waals surface area (Å²) in [5.41, 5.74) is 1.51. The van der Waals surface area contributed by atoms with Crippen molar-refractivity contribution < 1.29 is 18.0 Å². The molecule has 1 N–H and O–H groups in total. The summed E-state index contributed by atoms with van der Waals surface area (Å²) in [6.45, 7) is 3.47. The summed E-state index contributed by atoms with van der Waals surface area (Å²) in [6, 6.07) is 0. The zero-order valence-electron chi connectivity index (χ0n) is 10.8. The van der Waals surface area contributed by atoms with Gasteiger partial charge in [-0.2, -0.15) is 18.3 Å². The SMILES string of the molecule is Cc1n[nH]c(C)c1C(=O)N1CCCC(C(F)(F)F)C1. The lowest BCUT2D eigenvalue weighted by Gasteiger charge is -2.33. The molecule has 19 heavy (non-hydrogen) atoms. The first-order chi connectivity index (χ1) is 8.80. The molecule has 1 fully saturated rings. The van der Waals surface area contributed by atoms with E-state index >= 15 is 0 Å². The molecule has 7 heteroatoms. The summed E-state index contributed by atoms with van der Waals surface area (Å²) >= 11 is 0. The highest BCUT2D eigenvalue weighted by Gasteiger charge is 2.43. The number of aryl methyl sites for hydroxylation is 2. The van der Waals surface area contributed by atoms with Crippen molar-refractivity contribution >= 4 is 5.91 Å². The molecule has 4 nitrogen and oxygen atoms in total. The van der Waals surface area contributed by atoms with Crippen molar-refractivity contribution in [2.75, 3.05) is 13.1 Å². The van der Waals surface area contributed by atoms with Crippen molar-refractivity contribution in [2.24, 2.45) is 5.92 Å². The molecule has 1 aliphatic heterocycles. The Hall–Kier alpha value is -1.53. The van der Waals surface area contributed by atoms with E-state index in [1.807, 2.05) is 0 Å². The van der Waals surface area contributed by atoms with Crippen molar-refractivity contribution in [1.29, 1.82) is 0 Å². The Bertz CT molecular complexity index is 462. The monoisotopic (exact) mass is 275 g/mol. The van der Waals surface area contributed by atoms with E-state index < -0.39 is 12.1 Å². The highest BCUT2D eigenvalue weighted by atomic mass is 19.4. The van der Waals surface area contributed by atoms with E-state index in [-0.39, 0.29) is 18.9 Å². The van der Waals surface area contributed by atoms with Gasteiger partial charge in [0.25, 0.3) is 5.91 Å². The first-order valence-corrected chi connectivity index (χ1v) is 6.18. The molecule has 0 aliphatic carbocycles. The molecule has 0 bridgehead atoms. The first kappa shape index (κ1) is 13.9. The van der Waals surface area contributed by atoms with Crippen LogP contribution in [0.4, 0.5) is 13.2 Å². The lowest BCUT2D eigenvalue weighted by atomic mass is 9.96. The first-order valence-electron chi connectivity index (χ1n) is 6.18. The largest absolute Gasteiger partial charge is 0.393 e. The van der Waals surface area contributed by atoms with E-state index in [0.29, 0.717) is 29.9 Å². The highest BCUT2D eigenvalue weighted by Crippen LogP contribution is 2.33. The number of halogens is 3. The molecular weight excluding hydrogens is 259 g/mol. The normalized spacial score (nSPS) is 20.7. The van der Waals surface area contributed by atoms with Crippen molar-refractivity contribution in [1.82, 2.24) is 15.1 Å². The van der Waals surface area contributed by atoms with Crippen LogP contribution in [0.5, 0.6) is 0 Å². The fourth-order valence-electron chi connectivity index (χ4n) is 2.45. The van der Waals surface area contributed by atoms with Crippen molar-refractivity contribution in [3.63, 3.8) is 0 Å². The lowest BCUT2D eigenvalue weighted by molar-refractivity contribution is -0.184. The minimum absolute atomic E-state index is 0.0939. The van der Waals surface area contributed by atoms with E-state index in [0.717, 1.165) is 0 Å². The van der Waals surface area contributed by atoms with E-state index in [4.69, 9.17) is 0 Å². The zero-order valence-corrected chi connectivity index (χ0v) is 10.8. The number of aromatic nitrogens is 2. The van der Waals surface area contributed by atoms with Gasteiger partial charge in [0.1, 0.15) is 0 Å². The van der Waals surface area contributed by atoms with E-state index in [9.17, 15) is 18.0 Å². The molecule has 1 aromatic heterocycles. The van der Waals surface area contributed by atoms with Gasteiger partial charge in [-0.25, -0.2) is 0 Å². The number of nitrogens with zero attached hydrogens (tertiary/aromatic N) is 2. The second-order valence-corrected chi connectivity index (χ2v) is 4.94. The number of amides is 1. The molecule has 1 aliphatic rings. The van der Waals surface area contributed by atoms with E-state index in [2.05, 4.69) is 10.2 Å². The maximum absolute atomic E-state index is 12.7. The van der Waals surface area contributed by atoms with Gasteiger partial charge in [-0.05, 0) is 26.7 Å². The second kappa shape index (κ2) is 4.86. The predicted octanol–water partition coefficient (Wildman–Crippen LogP) is 2.44. The molecule has 1 aromatic rings. The number of piperidine rings is 1. The fraction of sp³-hybridized carbons (Fsp3) is 0.667. The molecule has 0 saturated carbocycles. The number of carbonyl (C=O) groups is 1. The molecule has 1 saturated heterocycles. The number of likely N-dealkylation sites (tertiary alicyclic amines) is 1. The standard InChI is InChI=1S/C12H16F3N3O/c1-7-10(8(2)17-16-7)11(19)18-5-3-4-9(6-18)12(13,14)15/h9H,3-6H2,1-2H3,(H,16,17). The topological polar surface area (TPSA) is 49.0 Å².